The van der Waals surface area contributed by atoms with E-state index in [4.69, 9.17) is 5.11 Å². The van der Waals surface area contributed by atoms with Crippen LogP contribution in [0.3, 0.4) is 0 Å². The van der Waals surface area contributed by atoms with Crippen molar-refractivity contribution in [2.24, 2.45) is 0 Å². The number of hydrogen-bond acceptors (Lipinski definition) is 5. The standard InChI is InChI=1S/C15H13FN2O6S/c16-12-7-6-11(9-13(12)18(21)22)25(23,24)14(17-15(19)20)8-10-4-2-1-3-5-10/h1-7,9,14,17H,8H2,(H,19,20). The quantitative estimate of drug-likeness (QED) is 0.458. The van der Waals surface area contributed by atoms with Crippen LogP contribution in [-0.4, -0.2) is 29.9 Å². The van der Waals surface area contributed by atoms with Crippen LogP contribution in [0.5, 0.6) is 0 Å². The predicted molar refractivity (Wildman–Crippen MR) is 85.3 cm³/mol. The first kappa shape index (κ1) is 18.3. The molecule has 2 N–H and O–H groups in total. The van der Waals surface area contributed by atoms with Crippen molar-refractivity contribution in [3.05, 3.63) is 70.0 Å². The topological polar surface area (TPSA) is 127 Å². The number of halogens is 1. The second-order valence-electron chi connectivity index (χ2n) is 5.04. The second-order valence-corrected chi connectivity index (χ2v) is 7.17. The van der Waals surface area contributed by atoms with Crippen molar-refractivity contribution in [2.45, 2.75) is 16.7 Å². The van der Waals surface area contributed by atoms with Crippen LogP contribution in [0.25, 0.3) is 0 Å². The van der Waals surface area contributed by atoms with Crippen molar-refractivity contribution in [1.29, 1.82) is 0 Å². The summed E-state index contributed by atoms with van der Waals surface area (Å²) in [5, 5.41) is 20.0. The molecule has 0 spiro atoms. The third-order valence-corrected chi connectivity index (χ3v) is 5.31. The van der Waals surface area contributed by atoms with Gasteiger partial charge in [-0.15, -0.1) is 0 Å². The van der Waals surface area contributed by atoms with Crippen LogP contribution in [0.15, 0.2) is 53.4 Å². The largest absolute Gasteiger partial charge is 0.465 e. The number of rotatable bonds is 6. The van der Waals surface area contributed by atoms with Crippen molar-refractivity contribution in [3.8, 4) is 0 Å². The summed E-state index contributed by atoms with van der Waals surface area (Å²) in [6.07, 6.45) is -1.76. The Hall–Kier alpha value is -3.01. The summed E-state index contributed by atoms with van der Waals surface area (Å²) in [7, 11) is -4.33. The molecule has 1 atom stereocenters. The lowest BCUT2D eigenvalue weighted by Crippen LogP contribution is -2.41. The average molecular weight is 368 g/mol. The number of amides is 1. The molecule has 8 nitrogen and oxygen atoms in total. The van der Waals surface area contributed by atoms with E-state index in [9.17, 15) is 27.7 Å². The highest BCUT2D eigenvalue weighted by molar-refractivity contribution is 7.92. The first-order chi connectivity index (χ1) is 11.7. The lowest BCUT2D eigenvalue weighted by molar-refractivity contribution is -0.387. The van der Waals surface area contributed by atoms with Gasteiger partial charge in [0.2, 0.25) is 5.82 Å². The van der Waals surface area contributed by atoms with Crippen molar-refractivity contribution in [3.63, 3.8) is 0 Å². The van der Waals surface area contributed by atoms with E-state index in [-0.39, 0.29) is 6.42 Å². The molecule has 2 aromatic rings. The number of nitro benzene ring substituents is 1. The van der Waals surface area contributed by atoms with Gasteiger partial charge in [0.05, 0.1) is 9.82 Å². The lowest BCUT2D eigenvalue weighted by atomic mass is 10.1. The minimum absolute atomic E-state index is 0.194. The summed E-state index contributed by atoms with van der Waals surface area (Å²) >= 11 is 0. The molecule has 25 heavy (non-hydrogen) atoms. The molecule has 2 rings (SSSR count). The van der Waals surface area contributed by atoms with Gasteiger partial charge in [0.1, 0.15) is 5.37 Å². The van der Waals surface area contributed by atoms with Crippen LogP contribution in [0, 0.1) is 15.9 Å². The van der Waals surface area contributed by atoms with Gasteiger partial charge in [0.25, 0.3) is 0 Å². The van der Waals surface area contributed by atoms with Gasteiger partial charge in [0.15, 0.2) is 9.84 Å². The molecule has 0 aliphatic heterocycles. The minimum Gasteiger partial charge on any atom is -0.465 e. The van der Waals surface area contributed by atoms with E-state index in [0.29, 0.717) is 17.7 Å². The van der Waals surface area contributed by atoms with Gasteiger partial charge in [-0.3, -0.25) is 10.1 Å². The van der Waals surface area contributed by atoms with E-state index >= 15 is 0 Å². The maximum atomic E-state index is 13.4. The molecule has 2 aromatic carbocycles. The number of carbonyl (C=O) groups is 1. The maximum absolute atomic E-state index is 13.4. The molecule has 10 heteroatoms. The Morgan fingerprint density at radius 2 is 1.88 bits per heavy atom. The number of nitro groups is 1. The first-order valence-electron chi connectivity index (χ1n) is 6.93. The van der Waals surface area contributed by atoms with Gasteiger partial charge in [0, 0.05) is 12.5 Å². The van der Waals surface area contributed by atoms with Gasteiger partial charge in [-0.25, -0.2) is 13.2 Å². The van der Waals surface area contributed by atoms with Crippen LogP contribution in [-0.2, 0) is 16.3 Å². The molecule has 0 saturated heterocycles. The number of carboxylic acid groups (broad SMARTS) is 1. The Kier molecular flexibility index (Phi) is 5.32. The van der Waals surface area contributed by atoms with Crippen LogP contribution < -0.4 is 5.32 Å². The summed E-state index contributed by atoms with van der Waals surface area (Å²) in [6, 6.07) is 10.3. The van der Waals surface area contributed by atoms with Gasteiger partial charge in [-0.2, -0.15) is 4.39 Å². The molecule has 0 heterocycles. The van der Waals surface area contributed by atoms with E-state index in [0.717, 1.165) is 6.07 Å². The molecular formula is C15H13FN2O6S. The van der Waals surface area contributed by atoms with E-state index in [1.54, 1.807) is 30.3 Å². The number of benzene rings is 2. The van der Waals surface area contributed by atoms with Crippen molar-refractivity contribution in [1.82, 2.24) is 5.32 Å². The third kappa shape index (κ3) is 4.29. The summed E-state index contributed by atoms with van der Waals surface area (Å²) in [5.41, 5.74) is -0.462. The monoisotopic (exact) mass is 368 g/mol. The lowest BCUT2D eigenvalue weighted by Gasteiger charge is -2.18. The Morgan fingerprint density at radius 3 is 2.44 bits per heavy atom. The van der Waals surface area contributed by atoms with Crippen LogP contribution in [0.2, 0.25) is 0 Å². The van der Waals surface area contributed by atoms with Crippen LogP contribution >= 0.6 is 0 Å². The molecule has 1 unspecified atom stereocenters. The molecular weight excluding hydrogens is 355 g/mol. The van der Waals surface area contributed by atoms with Gasteiger partial charge >= 0.3 is 11.8 Å². The minimum atomic E-state index is -4.33. The molecule has 132 valence electrons. The fourth-order valence-corrected chi connectivity index (χ4v) is 3.71. The highest BCUT2D eigenvalue weighted by atomic mass is 32.2. The smallest absolute Gasteiger partial charge is 0.405 e. The van der Waals surface area contributed by atoms with Gasteiger partial charge < -0.3 is 10.4 Å². The van der Waals surface area contributed by atoms with E-state index < -0.39 is 42.6 Å². The molecule has 0 bridgehead atoms. The SMILES string of the molecule is O=C(O)NC(Cc1ccccc1)S(=O)(=O)c1ccc(F)c([N+](=O)[O-])c1. The molecule has 1 amide bonds. The Morgan fingerprint density at radius 1 is 1.24 bits per heavy atom. The molecule has 0 radical (unpaired) electrons. The highest BCUT2D eigenvalue weighted by Crippen LogP contribution is 2.25. The van der Waals surface area contributed by atoms with Crippen molar-refractivity contribution < 1.29 is 27.6 Å². The summed E-state index contributed by atoms with van der Waals surface area (Å²) in [4.78, 5) is 20.2. The van der Waals surface area contributed by atoms with Crippen LogP contribution in [0.4, 0.5) is 14.9 Å². The van der Waals surface area contributed by atoms with Gasteiger partial charge in [-0.05, 0) is 17.7 Å². The number of nitrogens with zero attached hydrogens (tertiary/aromatic N) is 1. The van der Waals surface area contributed by atoms with Crippen LogP contribution in [0.1, 0.15) is 5.56 Å². The second kappa shape index (κ2) is 7.26. The highest BCUT2D eigenvalue weighted by Gasteiger charge is 2.31. The fourth-order valence-electron chi connectivity index (χ4n) is 2.18. The zero-order valence-corrected chi connectivity index (χ0v) is 13.4. The molecule has 0 aromatic heterocycles. The summed E-state index contributed by atoms with van der Waals surface area (Å²) in [6.45, 7) is 0. The Labute approximate surface area is 142 Å². The van der Waals surface area contributed by atoms with E-state index in [2.05, 4.69) is 0 Å². The first-order valence-corrected chi connectivity index (χ1v) is 8.47. The molecule has 0 saturated carbocycles. The number of hydrogen-bond donors (Lipinski definition) is 2. The summed E-state index contributed by atoms with van der Waals surface area (Å²) in [5.74, 6) is -1.19. The van der Waals surface area contributed by atoms with Crippen molar-refractivity contribution >= 4 is 21.6 Å². The third-order valence-electron chi connectivity index (χ3n) is 3.37. The zero-order chi connectivity index (χ0) is 18.6. The molecule has 0 aliphatic carbocycles. The Bertz CT molecular complexity index is 901. The Balaban J connectivity index is 2.46. The van der Waals surface area contributed by atoms with Gasteiger partial charge in [-0.1, -0.05) is 30.3 Å². The number of nitrogens with one attached hydrogen (secondary N) is 1. The zero-order valence-electron chi connectivity index (χ0n) is 12.6. The normalized spacial score (nSPS) is 12.4. The summed E-state index contributed by atoms with van der Waals surface area (Å²) < 4.78 is 38.8. The van der Waals surface area contributed by atoms with E-state index in [1.165, 1.54) is 0 Å². The average Bonchev–Trinajstić information content (AvgIpc) is 2.54. The maximum Gasteiger partial charge on any atom is 0.405 e. The fraction of sp³-hybridized carbons (Fsp3) is 0.133. The number of sulfone groups is 1. The van der Waals surface area contributed by atoms with Crippen molar-refractivity contribution in [2.75, 3.05) is 0 Å². The van der Waals surface area contributed by atoms with E-state index in [1.807, 2.05) is 5.32 Å². The molecule has 0 aliphatic rings. The predicted octanol–water partition coefficient (Wildman–Crippen LogP) is 2.34. The molecule has 0 fully saturated rings.